The standard InChI is InChI=1S/C19H23ClN2O4S/c1-15-7-9-17(10-8-15)27(24,25)22(14-19(23)21-11-12-26-2)13-16-5-3-4-6-18(16)20/h3-10H,11-14H2,1-2H3,(H,21,23). The van der Waals surface area contributed by atoms with Gasteiger partial charge in [-0.3, -0.25) is 4.79 Å². The summed E-state index contributed by atoms with van der Waals surface area (Å²) >= 11 is 6.19. The fraction of sp³-hybridized carbons (Fsp3) is 0.316. The number of halogens is 1. The van der Waals surface area contributed by atoms with Crippen LogP contribution >= 0.6 is 11.6 Å². The van der Waals surface area contributed by atoms with Crippen molar-refractivity contribution in [3.8, 4) is 0 Å². The van der Waals surface area contributed by atoms with Crippen LogP contribution in [0.4, 0.5) is 0 Å². The van der Waals surface area contributed by atoms with Gasteiger partial charge >= 0.3 is 0 Å². The number of hydrogen-bond acceptors (Lipinski definition) is 4. The molecule has 2 aromatic rings. The Morgan fingerprint density at radius 2 is 1.81 bits per heavy atom. The Bertz CT molecular complexity index is 870. The average molecular weight is 411 g/mol. The summed E-state index contributed by atoms with van der Waals surface area (Å²) in [6.45, 7) is 2.21. The SMILES string of the molecule is COCCNC(=O)CN(Cc1ccccc1Cl)S(=O)(=O)c1ccc(C)cc1. The van der Waals surface area contributed by atoms with Crippen LogP contribution in [0.25, 0.3) is 0 Å². The number of sulfonamides is 1. The van der Waals surface area contributed by atoms with E-state index in [1.54, 1.807) is 36.4 Å². The minimum atomic E-state index is -3.88. The van der Waals surface area contributed by atoms with Crippen molar-refractivity contribution in [2.75, 3.05) is 26.8 Å². The second-order valence-corrected chi connectivity index (χ2v) is 8.37. The summed E-state index contributed by atoms with van der Waals surface area (Å²) in [5.41, 5.74) is 1.57. The van der Waals surface area contributed by atoms with Crippen LogP contribution < -0.4 is 5.32 Å². The Morgan fingerprint density at radius 3 is 2.44 bits per heavy atom. The highest BCUT2D eigenvalue weighted by Gasteiger charge is 2.27. The first-order valence-corrected chi connectivity index (χ1v) is 10.2. The zero-order chi connectivity index (χ0) is 19.9. The Kier molecular flexibility index (Phi) is 7.79. The zero-order valence-electron chi connectivity index (χ0n) is 15.3. The molecule has 0 fully saturated rings. The van der Waals surface area contributed by atoms with Crippen LogP contribution in [0.15, 0.2) is 53.4 Å². The Labute approximate surface area is 165 Å². The van der Waals surface area contributed by atoms with Crippen molar-refractivity contribution in [2.24, 2.45) is 0 Å². The molecule has 0 aliphatic carbocycles. The predicted molar refractivity (Wildman–Crippen MR) is 105 cm³/mol. The smallest absolute Gasteiger partial charge is 0.243 e. The topological polar surface area (TPSA) is 75.7 Å². The molecule has 2 aromatic carbocycles. The molecular formula is C19H23ClN2O4S. The van der Waals surface area contributed by atoms with Crippen molar-refractivity contribution in [1.29, 1.82) is 0 Å². The summed E-state index contributed by atoms with van der Waals surface area (Å²) in [6.07, 6.45) is 0. The largest absolute Gasteiger partial charge is 0.383 e. The molecule has 0 bridgehead atoms. The number of nitrogens with one attached hydrogen (secondary N) is 1. The third-order valence-corrected chi connectivity index (χ3v) is 6.09. The molecule has 0 aromatic heterocycles. The first-order chi connectivity index (χ1) is 12.8. The van der Waals surface area contributed by atoms with Crippen LogP contribution in [0, 0.1) is 6.92 Å². The van der Waals surface area contributed by atoms with Crippen LogP contribution in [-0.2, 0) is 26.1 Å². The number of ether oxygens (including phenoxy) is 1. The molecule has 1 N–H and O–H groups in total. The Balaban J connectivity index is 2.29. The van der Waals surface area contributed by atoms with E-state index >= 15 is 0 Å². The highest BCUT2D eigenvalue weighted by Crippen LogP contribution is 2.22. The number of rotatable bonds is 9. The van der Waals surface area contributed by atoms with Crippen molar-refractivity contribution >= 4 is 27.5 Å². The van der Waals surface area contributed by atoms with Gasteiger partial charge in [0, 0.05) is 25.2 Å². The van der Waals surface area contributed by atoms with E-state index in [-0.39, 0.29) is 18.0 Å². The van der Waals surface area contributed by atoms with Gasteiger partial charge in [-0.1, -0.05) is 47.5 Å². The van der Waals surface area contributed by atoms with Gasteiger partial charge in [0.25, 0.3) is 0 Å². The van der Waals surface area contributed by atoms with Gasteiger partial charge in [-0.05, 0) is 30.7 Å². The molecule has 0 radical (unpaired) electrons. The van der Waals surface area contributed by atoms with E-state index in [0.717, 1.165) is 9.87 Å². The van der Waals surface area contributed by atoms with Crippen molar-refractivity contribution in [3.63, 3.8) is 0 Å². The number of benzene rings is 2. The molecule has 27 heavy (non-hydrogen) atoms. The number of hydrogen-bond donors (Lipinski definition) is 1. The maximum atomic E-state index is 13.1. The summed E-state index contributed by atoms with van der Waals surface area (Å²) in [5, 5.41) is 3.09. The molecule has 0 aliphatic heterocycles. The van der Waals surface area contributed by atoms with E-state index in [1.807, 2.05) is 6.92 Å². The van der Waals surface area contributed by atoms with Crippen LogP contribution in [-0.4, -0.2) is 45.4 Å². The minimum Gasteiger partial charge on any atom is -0.383 e. The molecule has 8 heteroatoms. The van der Waals surface area contributed by atoms with Crippen LogP contribution in [0.1, 0.15) is 11.1 Å². The van der Waals surface area contributed by atoms with Gasteiger partial charge in [0.2, 0.25) is 15.9 Å². The lowest BCUT2D eigenvalue weighted by atomic mass is 10.2. The number of carbonyl (C=O) groups is 1. The molecule has 2 rings (SSSR count). The maximum absolute atomic E-state index is 13.1. The van der Waals surface area contributed by atoms with E-state index in [4.69, 9.17) is 16.3 Å². The highest BCUT2D eigenvalue weighted by molar-refractivity contribution is 7.89. The normalized spacial score (nSPS) is 11.6. The van der Waals surface area contributed by atoms with Crippen LogP contribution in [0.5, 0.6) is 0 Å². The fourth-order valence-electron chi connectivity index (χ4n) is 2.41. The van der Waals surface area contributed by atoms with Gasteiger partial charge in [0.1, 0.15) is 0 Å². The highest BCUT2D eigenvalue weighted by atomic mass is 35.5. The van der Waals surface area contributed by atoms with Crippen LogP contribution in [0.3, 0.4) is 0 Å². The van der Waals surface area contributed by atoms with Gasteiger partial charge < -0.3 is 10.1 Å². The second kappa shape index (κ2) is 9.85. The number of nitrogens with zero attached hydrogens (tertiary/aromatic N) is 1. The average Bonchev–Trinajstić information content (AvgIpc) is 2.63. The molecule has 0 spiro atoms. The second-order valence-electron chi connectivity index (χ2n) is 6.02. The molecule has 0 aliphatic rings. The number of carbonyl (C=O) groups excluding carboxylic acids is 1. The first-order valence-electron chi connectivity index (χ1n) is 8.40. The molecule has 6 nitrogen and oxygen atoms in total. The number of aryl methyl sites for hydroxylation is 1. The van der Waals surface area contributed by atoms with E-state index in [2.05, 4.69) is 5.32 Å². The molecule has 0 heterocycles. The van der Waals surface area contributed by atoms with Gasteiger partial charge in [-0.15, -0.1) is 0 Å². The lowest BCUT2D eigenvalue weighted by Crippen LogP contribution is -2.41. The van der Waals surface area contributed by atoms with Crippen molar-refractivity contribution in [3.05, 3.63) is 64.7 Å². The quantitative estimate of drug-likeness (QED) is 0.645. The van der Waals surface area contributed by atoms with Crippen molar-refractivity contribution < 1.29 is 17.9 Å². The van der Waals surface area contributed by atoms with Gasteiger partial charge in [0.05, 0.1) is 18.0 Å². The molecule has 0 atom stereocenters. The van der Waals surface area contributed by atoms with Crippen LogP contribution in [0.2, 0.25) is 5.02 Å². The summed E-state index contributed by atoms with van der Waals surface area (Å²) in [4.78, 5) is 12.4. The first kappa shape index (κ1) is 21.4. The molecule has 0 unspecified atom stereocenters. The van der Waals surface area contributed by atoms with Gasteiger partial charge in [-0.2, -0.15) is 4.31 Å². The lowest BCUT2D eigenvalue weighted by Gasteiger charge is -2.22. The number of amides is 1. The Hall–Kier alpha value is -1.93. The summed E-state index contributed by atoms with van der Waals surface area (Å²) in [7, 11) is -2.35. The molecular weight excluding hydrogens is 388 g/mol. The fourth-order valence-corrected chi connectivity index (χ4v) is 3.98. The van der Waals surface area contributed by atoms with Crippen molar-refractivity contribution in [2.45, 2.75) is 18.4 Å². The van der Waals surface area contributed by atoms with Crippen molar-refractivity contribution in [1.82, 2.24) is 9.62 Å². The molecule has 1 amide bonds. The van der Waals surface area contributed by atoms with E-state index < -0.39 is 15.9 Å². The lowest BCUT2D eigenvalue weighted by molar-refractivity contribution is -0.121. The summed E-state index contributed by atoms with van der Waals surface area (Å²) in [6, 6.07) is 13.5. The zero-order valence-corrected chi connectivity index (χ0v) is 16.9. The molecule has 0 saturated carbocycles. The van der Waals surface area contributed by atoms with Gasteiger partial charge in [0.15, 0.2) is 0 Å². The maximum Gasteiger partial charge on any atom is 0.243 e. The van der Waals surface area contributed by atoms with E-state index in [0.29, 0.717) is 23.7 Å². The molecule has 0 saturated heterocycles. The minimum absolute atomic E-state index is 0.00637. The van der Waals surface area contributed by atoms with Gasteiger partial charge in [-0.25, -0.2) is 8.42 Å². The van der Waals surface area contributed by atoms with E-state index in [1.165, 1.54) is 19.2 Å². The Morgan fingerprint density at radius 1 is 1.15 bits per heavy atom. The summed E-state index contributed by atoms with van der Waals surface area (Å²) in [5.74, 6) is -0.408. The predicted octanol–water partition coefficient (Wildman–Crippen LogP) is 2.60. The summed E-state index contributed by atoms with van der Waals surface area (Å²) < 4.78 is 32.2. The third kappa shape index (κ3) is 6.04. The van der Waals surface area contributed by atoms with E-state index in [9.17, 15) is 13.2 Å². The monoisotopic (exact) mass is 410 g/mol. The third-order valence-electron chi connectivity index (χ3n) is 3.91. The number of methoxy groups -OCH3 is 1. The molecule has 146 valence electrons.